The molecule has 0 spiro atoms. The Hall–Kier alpha value is -2.38. The average Bonchev–Trinajstić information content (AvgIpc) is 3.21. The van der Waals surface area contributed by atoms with Gasteiger partial charge in [-0.05, 0) is 76.1 Å². The van der Waals surface area contributed by atoms with Crippen LogP contribution in [0, 0.1) is 5.82 Å². The number of halogens is 3. The van der Waals surface area contributed by atoms with Gasteiger partial charge in [0.25, 0.3) is 0 Å². The zero-order chi connectivity index (χ0) is 20.8. The van der Waals surface area contributed by atoms with Crippen molar-refractivity contribution in [2.75, 3.05) is 7.11 Å². The van der Waals surface area contributed by atoms with Crippen molar-refractivity contribution in [3.63, 3.8) is 0 Å². The van der Waals surface area contributed by atoms with E-state index in [0.29, 0.717) is 4.47 Å². The molecule has 0 aromatic heterocycles. The van der Waals surface area contributed by atoms with Gasteiger partial charge >= 0.3 is 0 Å². The zero-order valence-corrected chi connectivity index (χ0v) is 19.2. The molecule has 0 bridgehead atoms. The minimum Gasteiger partial charge on any atom is -0.497 e. The number of ether oxygens (including phenoxy) is 2. The van der Waals surface area contributed by atoms with E-state index in [2.05, 4.69) is 37.9 Å². The van der Waals surface area contributed by atoms with E-state index >= 15 is 0 Å². The lowest BCUT2D eigenvalue weighted by Crippen LogP contribution is -2.33. The average molecular weight is 532 g/mol. The lowest BCUT2D eigenvalue weighted by molar-refractivity contribution is -0.0191. The Labute approximate surface area is 190 Å². The van der Waals surface area contributed by atoms with Crippen molar-refractivity contribution < 1.29 is 13.9 Å². The van der Waals surface area contributed by atoms with Gasteiger partial charge in [-0.3, -0.25) is 0 Å². The molecule has 0 amide bonds. The summed E-state index contributed by atoms with van der Waals surface area (Å²) in [5, 5.41) is 6.91. The lowest BCUT2D eigenvalue weighted by Gasteiger charge is -2.38. The summed E-state index contributed by atoms with van der Waals surface area (Å²) in [6.07, 6.45) is 0.300. The normalized spacial score (nSPS) is 19.6. The largest absolute Gasteiger partial charge is 0.497 e. The van der Waals surface area contributed by atoms with Crippen LogP contribution in [-0.4, -0.2) is 17.8 Å². The number of rotatable bonds is 3. The molecule has 2 aliphatic heterocycles. The Morgan fingerprint density at radius 3 is 2.60 bits per heavy atom. The van der Waals surface area contributed by atoms with Crippen LogP contribution in [0.5, 0.6) is 11.5 Å². The summed E-state index contributed by atoms with van der Waals surface area (Å²) in [4.78, 5) is 0. The Morgan fingerprint density at radius 1 is 1.07 bits per heavy atom. The minimum absolute atomic E-state index is 0.0252. The van der Waals surface area contributed by atoms with Crippen molar-refractivity contribution in [1.29, 1.82) is 0 Å². The van der Waals surface area contributed by atoms with Crippen molar-refractivity contribution >= 4 is 37.6 Å². The first-order valence-corrected chi connectivity index (χ1v) is 11.0. The Balaban J connectivity index is 1.58. The first-order valence-electron chi connectivity index (χ1n) is 9.45. The fourth-order valence-electron chi connectivity index (χ4n) is 3.90. The Morgan fingerprint density at radius 2 is 1.87 bits per heavy atom. The summed E-state index contributed by atoms with van der Waals surface area (Å²) >= 11 is 6.85. The topological polar surface area (TPSA) is 34.1 Å². The van der Waals surface area contributed by atoms with Crippen molar-refractivity contribution in [3.8, 4) is 11.5 Å². The van der Waals surface area contributed by atoms with Crippen LogP contribution < -0.4 is 9.47 Å². The van der Waals surface area contributed by atoms with Gasteiger partial charge in [-0.2, -0.15) is 5.10 Å². The monoisotopic (exact) mass is 530 g/mol. The van der Waals surface area contributed by atoms with Crippen molar-refractivity contribution in [2.45, 2.75) is 18.7 Å². The van der Waals surface area contributed by atoms with Crippen LogP contribution in [0.1, 0.15) is 35.4 Å². The second kappa shape index (κ2) is 7.71. The van der Waals surface area contributed by atoms with E-state index in [-0.39, 0.29) is 11.9 Å². The van der Waals surface area contributed by atoms with Gasteiger partial charge in [-0.1, -0.05) is 22.0 Å². The number of benzene rings is 3. The van der Waals surface area contributed by atoms with Gasteiger partial charge in [0.1, 0.15) is 17.3 Å². The third-order valence-electron chi connectivity index (χ3n) is 5.40. The van der Waals surface area contributed by atoms with E-state index < -0.39 is 6.23 Å². The molecule has 7 heteroatoms. The molecule has 2 atom stereocenters. The predicted molar refractivity (Wildman–Crippen MR) is 120 cm³/mol. The Bertz CT molecular complexity index is 1150. The van der Waals surface area contributed by atoms with Crippen molar-refractivity contribution in [2.24, 2.45) is 5.10 Å². The van der Waals surface area contributed by atoms with Crippen LogP contribution in [0.4, 0.5) is 4.39 Å². The maximum Gasteiger partial charge on any atom is 0.213 e. The minimum atomic E-state index is -0.448. The van der Waals surface area contributed by atoms with E-state index in [1.54, 1.807) is 19.2 Å². The molecule has 0 saturated heterocycles. The standard InChI is InChI=1S/C23H17Br2FN2O2/c1-29-16-6-2-13(3-7-16)20-12-21-17-11-15(24)5-9-22(17)30-23(28(21)27-20)14-4-8-19(26)18(25)10-14/h2-11,21,23H,12H2,1H3/t21-,23+/m0/s1. The highest BCUT2D eigenvalue weighted by Gasteiger charge is 2.41. The van der Waals surface area contributed by atoms with Crippen molar-refractivity contribution in [1.82, 2.24) is 5.01 Å². The maximum atomic E-state index is 13.8. The third kappa shape index (κ3) is 3.40. The van der Waals surface area contributed by atoms with E-state index in [1.807, 2.05) is 41.4 Å². The van der Waals surface area contributed by atoms with Gasteiger partial charge in [-0.25, -0.2) is 9.40 Å². The van der Waals surface area contributed by atoms with Gasteiger partial charge in [0, 0.05) is 22.0 Å². The van der Waals surface area contributed by atoms with Crippen LogP contribution in [0.3, 0.4) is 0 Å². The molecule has 152 valence electrons. The zero-order valence-electron chi connectivity index (χ0n) is 16.0. The van der Waals surface area contributed by atoms with Crippen LogP contribution in [0.15, 0.2) is 74.7 Å². The number of hydrogen-bond acceptors (Lipinski definition) is 4. The summed E-state index contributed by atoms with van der Waals surface area (Å²) in [5.41, 5.74) is 3.93. The summed E-state index contributed by atoms with van der Waals surface area (Å²) in [5.74, 6) is 1.32. The lowest BCUT2D eigenvalue weighted by atomic mass is 9.96. The number of nitrogens with zero attached hydrogens (tertiary/aromatic N) is 2. The highest BCUT2D eigenvalue weighted by Crippen LogP contribution is 2.48. The summed E-state index contributed by atoms with van der Waals surface area (Å²) in [7, 11) is 1.65. The summed E-state index contributed by atoms with van der Waals surface area (Å²) in [6, 6.07) is 18.9. The van der Waals surface area contributed by atoms with Gasteiger partial charge < -0.3 is 9.47 Å². The number of hydrogen-bond donors (Lipinski definition) is 0. The van der Waals surface area contributed by atoms with E-state index in [9.17, 15) is 4.39 Å². The molecule has 0 saturated carbocycles. The maximum absolute atomic E-state index is 13.8. The number of methoxy groups -OCH3 is 1. The summed E-state index contributed by atoms with van der Waals surface area (Å²) < 4.78 is 26.8. The Kier molecular flexibility index (Phi) is 5.03. The molecule has 0 unspecified atom stereocenters. The molecule has 0 N–H and O–H groups in total. The van der Waals surface area contributed by atoms with Gasteiger partial charge in [0.05, 0.1) is 23.3 Å². The van der Waals surface area contributed by atoms with E-state index in [0.717, 1.165) is 44.8 Å². The molecular weight excluding hydrogens is 515 g/mol. The second-order valence-corrected chi connectivity index (χ2v) is 8.97. The molecule has 2 heterocycles. The smallest absolute Gasteiger partial charge is 0.213 e. The van der Waals surface area contributed by atoms with E-state index in [4.69, 9.17) is 14.6 Å². The molecule has 4 nitrogen and oxygen atoms in total. The molecular formula is C23H17Br2FN2O2. The molecule has 30 heavy (non-hydrogen) atoms. The number of hydrazone groups is 1. The van der Waals surface area contributed by atoms with Gasteiger partial charge in [0.2, 0.25) is 6.23 Å². The van der Waals surface area contributed by atoms with Crippen LogP contribution in [-0.2, 0) is 0 Å². The molecule has 0 radical (unpaired) electrons. The summed E-state index contributed by atoms with van der Waals surface area (Å²) in [6.45, 7) is 0. The second-order valence-electron chi connectivity index (χ2n) is 7.20. The van der Waals surface area contributed by atoms with Crippen LogP contribution in [0.25, 0.3) is 0 Å². The fraction of sp³-hybridized carbons (Fsp3) is 0.174. The quantitative estimate of drug-likeness (QED) is 0.381. The molecule has 0 fully saturated rings. The SMILES string of the molecule is COc1ccc(C2=NN3[C@@H](c4ccc(F)c(Br)c4)Oc4ccc(Br)cc4[C@@H]3C2)cc1. The van der Waals surface area contributed by atoms with Gasteiger partial charge in [-0.15, -0.1) is 0 Å². The first-order chi connectivity index (χ1) is 14.5. The van der Waals surface area contributed by atoms with Crippen LogP contribution in [0.2, 0.25) is 0 Å². The predicted octanol–water partition coefficient (Wildman–Crippen LogP) is 6.60. The molecule has 2 aliphatic rings. The first kappa shape index (κ1) is 19.6. The molecule has 3 aromatic rings. The number of fused-ring (bicyclic) bond motifs is 3. The third-order valence-corrected chi connectivity index (χ3v) is 6.50. The highest BCUT2D eigenvalue weighted by atomic mass is 79.9. The van der Waals surface area contributed by atoms with Crippen LogP contribution >= 0.6 is 31.9 Å². The van der Waals surface area contributed by atoms with E-state index in [1.165, 1.54) is 6.07 Å². The fourth-order valence-corrected chi connectivity index (χ4v) is 4.68. The highest BCUT2D eigenvalue weighted by molar-refractivity contribution is 9.10. The molecule has 3 aromatic carbocycles. The molecule has 5 rings (SSSR count). The molecule has 0 aliphatic carbocycles. The van der Waals surface area contributed by atoms with Gasteiger partial charge in [0.15, 0.2) is 0 Å². The van der Waals surface area contributed by atoms with Crippen molar-refractivity contribution in [3.05, 3.63) is 92.1 Å².